The lowest BCUT2D eigenvalue weighted by atomic mass is 10.2. The van der Waals surface area contributed by atoms with Gasteiger partial charge in [-0.15, -0.1) is 11.3 Å². The van der Waals surface area contributed by atoms with Gasteiger partial charge < -0.3 is 14.4 Å². The second kappa shape index (κ2) is 6.83. The standard InChI is InChI=1S/C17H13F3N2O3S/c1-25-14-7-10(4-5-13(14)23)15-21-11(9-26-15)8-22-6-2-3-12(16(22)24)17(18,19)20/h2-7,9,23H,8H2,1H3. The fraction of sp³-hybridized carbons (Fsp3) is 0.176. The van der Waals surface area contributed by atoms with Crippen LogP contribution in [0.4, 0.5) is 13.2 Å². The van der Waals surface area contributed by atoms with Crippen molar-refractivity contribution in [3.8, 4) is 22.1 Å². The van der Waals surface area contributed by atoms with Gasteiger partial charge in [-0.2, -0.15) is 13.2 Å². The summed E-state index contributed by atoms with van der Waals surface area (Å²) in [6.45, 7) is -0.0749. The molecule has 26 heavy (non-hydrogen) atoms. The van der Waals surface area contributed by atoms with Gasteiger partial charge in [0.15, 0.2) is 11.5 Å². The predicted octanol–water partition coefficient (Wildman–Crippen LogP) is 3.75. The van der Waals surface area contributed by atoms with Crippen molar-refractivity contribution in [2.45, 2.75) is 12.7 Å². The largest absolute Gasteiger partial charge is 0.504 e. The summed E-state index contributed by atoms with van der Waals surface area (Å²) in [6, 6.07) is 6.66. The fourth-order valence-corrected chi connectivity index (χ4v) is 3.18. The van der Waals surface area contributed by atoms with Crippen LogP contribution < -0.4 is 10.3 Å². The Kier molecular flexibility index (Phi) is 4.73. The molecule has 0 fully saturated rings. The molecule has 5 nitrogen and oxygen atoms in total. The number of nitrogens with zero attached hydrogens (tertiary/aromatic N) is 2. The second-order valence-corrected chi connectivity index (χ2v) is 6.24. The number of hydrogen-bond donors (Lipinski definition) is 1. The van der Waals surface area contributed by atoms with E-state index in [1.807, 2.05) is 0 Å². The number of halogens is 3. The molecular formula is C17H13F3N2O3S. The number of phenols is 1. The van der Waals surface area contributed by atoms with Gasteiger partial charge >= 0.3 is 6.18 Å². The summed E-state index contributed by atoms with van der Waals surface area (Å²) >= 11 is 1.28. The molecule has 3 aromatic rings. The van der Waals surface area contributed by atoms with E-state index >= 15 is 0 Å². The van der Waals surface area contributed by atoms with Crippen LogP contribution >= 0.6 is 11.3 Å². The van der Waals surface area contributed by atoms with E-state index in [1.54, 1.807) is 17.5 Å². The number of phenolic OH excluding ortho intramolecular Hbond substituents is 1. The molecule has 0 bridgehead atoms. The van der Waals surface area contributed by atoms with E-state index in [0.717, 1.165) is 10.6 Å². The number of aromatic hydroxyl groups is 1. The summed E-state index contributed by atoms with van der Waals surface area (Å²) in [5, 5.41) is 11.9. The monoisotopic (exact) mass is 382 g/mol. The van der Waals surface area contributed by atoms with E-state index in [-0.39, 0.29) is 18.0 Å². The number of methoxy groups -OCH3 is 1. The van der Waals surface area contributed by atoms with Crippen molar-refractivity contribution in [2.24, 2.45) is 0 Å². The summed E-state index contributed by atoms with van der Waals surface area (Å²) in [4.78, 5) is 16.3. The number of rotatable bonds is 4. The predicted molar refractivity (Wildman–Crippen MR) is 90.6 cm³/mol. The number of pyridine rings is 1. The van der Waals surface area contributed by atoms with E-state index in [0.29, 0.717) is 16.3 Å². The van der Waals surface area contributed by atoms with E-state index in [9.17, 15) is 23.1 Å². The van der Waals surface area contributed by atoms with Gasteiger partial charge in [-0.1, -0.05) is 0 Å². The van der Waals surface area contributed by atoms with Crippen LogP contribution in [0, 0.1) is 0 Å². The normalized spacial score (nSPS) is 11.5. The maximum Gasteiger partial charge on any atom is 0.421 e. The fourth-order valence-electron chi connectivity index (χ4n) is 2.37. The van der Waals surface area contributed by atoms with Crippen molar-refractivity contribution in [1.29, 1.82) is 0 Å². The van der Waals surface area contributed by atoms with Crippen LogP contribution in [-0.4, -0.2) is 21.8 Å². The third-order valence-electron chi connectivity index (χ3n) is 3.64. The highest BCUT2D eigenvalue weighted by molar-refractivity contribution is 7.13. The van der Waals surface area contributed by atoms with Gasteiger partial charge in [-0.25, -0.2) is 4.98 Å². The number of benzene rings is 1. The highest BCUT2D eigenvalue weighted by Gasteiger charge is 2.34. The Morgan fingerprint density at radius 3 is 2.77 bits per heavy atom. The molecule has 0 aliphatic rings. The SMILES string of the molecule is COc1cc(-c2nc(Cn3cccc(C(F)(F)F)c3=O)cs2)ccc1O. The van der Waals surface area contributed by atoms with Crippen molar-refractivity contribution >= 4 is 11.3 Å². The molecule has 0 atom stereocenters. The molecule has 1 aromatic carbocycles. The lowest BCUT2D eigenvalue weighted by Crippen LogP contribution is -2.28. The molecule has 0 saturated heterocycles. The van der Waals surface area contributed by atoms with Crippen molar-refractivity contribution in [3.05, 3.63) is 63.5 Å². The molecule has 0 aliphatic heterocycles. The molecule has 9 heteroatoms. The minimum atomic E-state index is -4.70. The quantitative estimate of drug-likeness (QED) is 0.746. The maximum atomic E-state index is 12.8. The van der Waals surface area contributed by atoms with E-state index in [4.69, 9.17) is 4.74 Å². The van der Waals surface area contributed by atoms with E-state index < -0.39 is 17.3 Å². The van der Waals surface area contributed by atoms with Gasteiger partial charge in [-0.05, 0) is 30.3 Å². The summed E-state index contributed by atoms with van der Waals surface area (Å²) in [5.41, 5.74) is -1.18. The first-order valence-electron chi connectivity index (χ1n) is 7.38. The maximum absolute atomic E-state index is 12.8. The van der Waals surface area contributed by atoms with Crippen molar-refractivity contribution in [1.82, 2.24) is 9.55 Å². The van der Waals surface area contributed by atoms with Crippen LogP contribution in [-0.2, 0) is 12.7 Å². The van der Waals surface area contributed by atoms with Crippen molar-refractivity contribution in [3.63, 3.8) is 0 Å². The van der Waals surface area contributed by atoms with Gasteiger partial charge in [0.05, 0.1) is 19.3 Å². The molecule has 2 aromatic heterocycles. The average molecular weight is 382 g/mol. The molecule has 0 unspecified atom stereocenters. The zero-order valence-corrected chi connectivity index (χ0v) is 14.3. The van der Waals surface area contributed by atoms with Crippen LogP contribution in [0.15, 0.2) is 46.7 Å². The Morgan fingerprint density at radius 2 is 2.08 bits per heavy atom. The second-order valence-electron chi connectivity index (χ2n) is 5.38. The Labute approximate surface area is 149 Å². The smallest absolute Gasteiger partial charge is 0.421 e. The zero-order chi connectivity index (χ0) is 18.9. The topological polar surface area (TPSA) is 64.4 Å². The highest BCUT2D eigenvalue weighted by Crippen LogP contribution is 2.33. The van der Waals surface area contributed by atoms with Gasteiger partial charge in [0.2, 0.25) is 0 Å². The molecule has 2 heterocycles. The first kappa shape index (κ1) is 18.0. The van der Waals surface area contributed by atoms with Crippen LogP contribution in [0.2, 0.25) is 0 Å². The van der Waals surface area contributed by atoms with E-state index in [1.165, 1.54) is 36.8 Å². The minimum Gasteiger partial charge on any atom is -0.504 e. The number of thiazole rings is 1. The van der Waals surface area contributed by atoms with Gasteiger partial charge in [0.1, 0.15) is 10.6 Å². The zero-order valence-electron chi connectivity index (χ0n) is 13.4. The van der Waals surface area contributed by atoms with Gasteiger partial charge in [0, 0.05) is 17.1 Å². The molecule has 3 rings (SSSR count). The highest BCUT2D eigenvalue weighted by atomic mass is 32.1. The summed E-state index contributed by atoms with van der Waals surface area (Å²) in [6.07, 6.45) is -3.41. The van der Waals surface area contributed by atoms with Gasteiger partial charge in [0.25, 0.3) is 5.56 Å². The van der Waals surface area contributed by atoms with Crippen LogP contribution in [0.1, 0.15) is 11.3 Å². The molecule has 136 valence electrons. The summed E-state index contributed by atoms with van der Waals surface area (Å²) in [5.74, 6) is 0.275. The molecule has 0 saturated carbocycles. The average Bonchev–Trinajstić information content (AvgIpc) is 3.04. The summed E-state index contributed by atoms with van der Waals surface area (Å²) < 4.78 is 44.5. The number of alkyl halides is 3. The summed E-state index contributed by atoms with van der Waals surface area (Å²) in [7, 11) is 1.42. The molecule has 1 N–H and O–H groups in total. The van der Waals surface area contributed by atoms with Crippen LogP contribution in [0.3, 0.4) is 0 Å². The van der Waals surface area contributed by atoms with E-state index in [2.05, 4.69) is 4.98 Å². The number of aromatic nitrogens is 2. The van der Waals surface area contributed by atoms with Crippen molar-refractivity contribution < 1.29 is 23.0 Å². The Morgan fingerprint density at radius 1 is 1.31 bits per heavy atom. The third-order valence-corrected chi connectivity index (χ3v) is 4.58. The Hall–Kier alpha value is -2.81. The van der Waals surface area contributed by atoms with Gasteiger partial charge in [-0.3, -0.25) is 4.79 Å². The molecule has 0 radical (unpaired) electrons. The van der Waals surface area contributed by atoms with Crippen LogP contribution in [0.5, 0.6) is 11.5 Å². The minimum absolute atomic E-state index is 0.0106. The number of hydrogen-bond acceptors (Lipinski definition) is 5. The lowest BCUT2D eigenvalue weighted by molar-refractivity contribution is -0.138. The lowest BCUT2D eigenvalue weighted by Gasteiger charge is -2.09. The Balaban J connectivity index is 1.89. The Bertz CT molecular complexity index is 995. The molecular weight excluding hydrogens is 369 g/mol. The van der Waals surface area contributed by atoms with Crippen molar-refractivity contribution in [2.75, 3.05) is 7.11 Å². The molecule has 0 aliphatic carbocycles. The first-order valence-corrected chi connectivity index (χ1v) is 8.26. The first-order chi connectivity index (χ1) is 12.3. The number of ether oxygens (including phenoxy) is 1. The van der Waals surface area contributed by atoms with Crippen LogP contribution in [0.25, 0.3) is 10.6 Å². The molecule has 0 amide bonds. The molecule has 0 spiro atoms. The third kappa shape index (κ3) is 3.57.